The number of aromatic amines is 1. The molecule has 0 saturated heterocycles. The second-order valence-electron chi connectivity index (χ2n) is 5.86. The fourth-order valence-electron chi connectivity index (χ4n) is 2.81. The number of fused-ring (bicyclic) bond motifs is 1. The van der Waals surface area contributed by atoms with Gasteiger partial charge in [0.15, 0.2) is 5.96 Å². The van der Waals surface area contributed by atoms with Gasteiger partial charge in [-0.1, -0.05) is 0 Å². The Bertz CT molecular complexity index is 826. The normalized spacial score (nSPS) is 11.4. The Morgan fingerprint density at radius 2 is 2.04 bits per heavy atom. The van der Waals surface area contributed by atoms with Crippen LogP contribution < -0.4 is 10.6 Å². The van der Waals surface area contributed by atoms with Crippen molar-refractivity contribution in [1.82, 2.24) is 20.2 Å². The van der Waals surface area contributed by atoms with E-state index in [9.17, 15) is 4.39 Å². The number of benzene rings is 1. The highest BCUT2D eigenvalue weighted by Gasteiger charge is 2.05. The Morgan fingerprint density at radius 1 is 1.23 bits per heavy atom. The van der Waals surface area contributed by atoms with Gasteiger partial charge in [-0.2, -0.15) is 0 Å². The highest BCUT2D eigenvalue weighted by molar-refractivity contribution is 14.0. The number of halogens is 2. The van der Waals surface area contributed by atoms with Gasteiger partial charge in [-0.25, -0.2) is 4.39 Å². The topological polar surface area (TPSA) is 57.1 Å². The minimum atomic E-state index is -0.211. The van der Waals surface area contributed by atoms with Gasteiger partial charge in [0.1, 0.15) is 5.82 Å². The van der Waals surface area contributed by atoms with Gasteiger partial charge in [0.25, 0.3) is 0 Å². The molecule has 0 aliphatic heterocycles. The third-order valence-electron chi connectivity index (χ3n) is 4.05. The molecule has 0 fully saturated rings. The van der Waals surface area contributed by atoms with E-state index in [4.69, 9.17) is 0 Å². The summed E-state index contributed by atoms with van der Waals surface area (Å²) in [5, 5.41) is 7.52. The third-order valence-corrected chi connectivity index (χ3v) is 4.05. The van der Waals surface area contributed by atoms with Gasteiger partial charge in [0, 0.05) is 55.7 Å². The monoisotopic (exact) mass is 469 g/mol. The number of nitrogens with zero attached hydrogens (tertiary/aromatic N) is 2. The van der Waals surface area contributed by atoms with Crippen molar-refractivity contribution in [3.05, 3.63) is 60.3 Å². The highest BCUT2D eigenvalue weighted by Crippen LogP contribution is 2.19. The van der Waals surface area contributed by atoms with Crippen LogP contribution >= 0.6 is 24.0 Å². The SMILES string of the molecule is CCNC(=NCCc1c[nH]c2ccc(F)cc12)NCCn1cccc1.I. The standard InChI is InChI=1S/C19H24FN5.HI/c1-2-21-19(23-9-12-25-10-3-4-11-25)22-8-7-15-14-24-18-6-5-16(20)13-17(15)18;/h3-6,10-11,13-14,24H,2,7-9,12H2,1H3,(H2,21,22,23);1H. The zero-order valence-electron chi connectivity index (χ0n) is 14.8. The zero-order valence-corrected chi connectivity index (χ0v) is 17.2. The van der Waals surface area contributed by atoms with Crippen molar-refractivity contribution in [2.75, 3.05) is 19.6 Å². The van der Waals surface area contributed by atoms with E-state index in [2.05, 4.69) is 25.2 Å². The van der Waals surface area contributed by atoms with Gasteiger partial charge in [-0.05, 0) is 49.2 Å². The molecule has 3 aromatic rings. The summed E-state index contributed by atoms with van der Waals surface area (Å²) < 4.78 is 15.6. The molecule has 5 nitrogen and oxygen atoms in total. The number of aliphatic imine (C=N–C) groups is 1. The van der Waals surface area contributed by atoms with Crippen LogP contribution in [0, 0.1) is 5.82 Å². The minimum absolute atomic E-state index is 0. The summed E-state index contributed by atoms with van der Waals surface area (Å²) >= 11 is 0. The molecule has 140 valence electrons. The molecule has 0 radical (unpaired) electrons. The lowest BCUT2D eigenvalue weighted by Crippen LogP contribution is -2.39. The first-order valence-electron chi connectivity index (χ1n) is 8.64. The maximum Gasteiger partial charge on any atom is 0.191 e. The molecular weight excluding hydrogens is 444 g/mol. The molecule has 0 aliphatic carbocycles. The Labute approximate surface area is 170 Å². The largest absolute Gasteiger partial charge is 0.361 e. The lowest BCUT2D eigenvalue weighted by molar-refractivity contribution is 0.629. The molecule has 0 amide bonds. The number of guanidine groups is 1. The van der Waals surface area contributed by atoms with Crippen LogP contribution in [0.2, 0.25) is 0 Å². The van der Waals surface area contributed by atoms with E-state index in [0.717, 1.165) is 48.5 Å². The molecule has 0 unspecified atom stereocenters. The van der Waals surface area contributed by atoms with Gasteiger partial charge in [-0.3, -0.25) is 4.99 Å². The van der Waals surface area contributed by atoms with E-state index >= 15 is 0 Å². The Kier molecular flexibility index (Phi) is 7.96. The average Bonchev–Trinajstić information content (AvgIpc) is 3.25. The maximum atomic E-state index is 13.4. The predicted octanol–water partition coefficient (Wildman–Crippen LogP) is 3.52. The number of hydrogen-bond donors (Lipinski definition) is 3. The molecule has 0 bridgehead atoms. The van der Waals surface area contributed by atoms with Crippen molar-refractivity contribution < 1.29 is 4.39 Å². The molecule has 7 heteroatoms. The van der Waals surface area contributed by atoms with E-state index in [1.807, 2.05) is 37.6 Å². The fourth-order valence-corrected chi connectivity index (χ4v) is 2.81. The van der Waals surface area contributed by atoms with E-state index in [-0.39, 0.29) is 29.8 Å². The maximum absolute atomic E-state index is 13.4. The summed E-state index contributed by atoms with van der Waals surface area (Å²) in [6.07, 6.45) is 6.79. The van der Waals surface area contributed by atoms with Crippen molar-refractivity contribution in [1.29, 1.82) is 0 Å². The number of aromatic nitrogens is 2. The van der Waals surface area contributed by atoms with E-state index in [0.29, 0.717) is 6.54 Å². The Hall–Kier alpha value is -2.03. The van der Waals surface area contributed by atoms with Gasteiger partial charge in [0.2, 0.25) is 0 Å². The molecule has 3 N–H and O–H groups in total. The van der Waals surface area contributed by atoms with Crippen LogP contribution in [-0.2, 0) is 13.0 Å². The molecule has 26 heavy (non-hydrogen) atoms. The second-order valence-corrected chi connectivity index (χ2v) is 5.86. The van der Waals surface area contributed by atoms with E-state index in [1.165, 1.54) is 6.07 Å². The van der Waals surface area contributed by atoms with Gasteiger partial charge in [-0.15, -0.1) is 24.0 Å². The first-order valence-corrected chi connectivity index (χ1v) is 8.64. The summed E-state index contributed by atoms with van der Waals surface area (Å²) in [4.78, 5) is 7.79. The number of H-pyrrole nitrogens is 1. The predicted molar refractivity (Wildman–Crippen MR) is 116 cm³/mol. The van der Waals surface area contributed by atoms with Crippen molar-refractivity contribution in [3.8, 4) is 0 Å². The third kappa shape index (κ3) is 5.48. The summed E-state index contributed by atoms with van der Waals surface area (Å²) in [5.74, 6) is 0.595. The first kappa shape index (κ1) is 20.3. The second kappa shape index (κ2) is 10.2. The van der Waals surface area contributed by atoms with Gasteiger partial charge >= 0.3 is 0 Å². The molecule has 2 heterocycles. The molecule has 0 atom stereocenters. The van der Waals surface area contributed by atoms with Gasteiger partial charge in [0.05, 0.1) is 0 Å². The number of nitrogens with one attached hydrogen (secondary N) is 3. The van der Waals surface area contributed by atoms with Crippen LogP contribution in [0.5, 0.6) is 0 Å². The molecule has 1 aromatic carbocycles. The molecular formula is C19H25FIN5. The summed E-state index contributed by atoms with van der Waals surface area (Å²) in [7, 11) is 0. The van der Waals surface area contributed by atoms with Crippen molar-refractivity contribution >= 4 is 40.8 Å². The Morgan fingerprint density at radius 3 is 2.81 bits per heavy atom. The van der Waals surface area contributed by atoms with Crippen LogP contribution in [0.25, 0.3) is 10.9 Å². The van der Waals surface area contributed by atoms with Crippen LogP contribution in [-0.4, -0.2) is 35.1 Å². The highest BCUT2D eigenvalue weighted by atomic mass is 127. The van der Waals surface area contributed by atoms with Crippen LogP contribution in [0.3, 0.4) is 0 Å². The fraction of sp³-hybridized carbons (Fsp3) is 0.316. The molecule has 2 aromatic heterocycles. The van der Waals surface area contributed by atoms with Gasteiger partial charge < -0.3 is 20.2 Å². The summed E-state index contributed by atoms with van der Waals surface area (Å²) in [6, 6.07) is 8.85. The minimum Gasteiger partial charge on any atom is -0.361 e. The molecule has 0 saturated carbocycles. The van der Waals surface area contributed by atoms with E-state index < -0.39 is 0 Å². The van der Waals surface area contributed by atoms with Crippen LogP contribution in [0.1, 0.15) is 12.5 Å². The van der Waals surface area contributed by atoms with Crippen molar-refractivity contribution in [3.63, 3.8) is 0 Å². The number of rotatable bonds is 7. The van der Waals surface area contributed by atoms with Crippen molar-refractivity contribution in [2.24, 2.45) is 4.99 Å². The number of hydrogen-bond acceptors (Lipinski definition) is 1. The lowest BCUT2D eigenvalue weighted by Gasteiger charge is -2.11. The average molecular weight is 469 g/mol. The molecule has 0 spiro atoms. The van der Waals surface area contributed by atoms with Crippen molar-refractivity contribution in [2.45, 2.75) is 19.9 Å². The quantitative estimate of drug-likeness (QED) is 0.282. The molecule has 0 aliphatic rings. The molecule has 3 rings (SSSR count). The summed E-state index contributed by atoms with van der Waals surface area (Å²) in [6.45, 7) is 5.19. The zero-order chi connectivity index (χ0) is 17.5. The first-order chi connectivity index (χ1) is 12.3. The van der Waals surface area contributed by atoms with Crippen LogP contribution in [0.15, 0.2) is 53.9 Å². The van der Waals surface area contributed by atoms with Crippen LogP contribution in [0.4, 0.5) is 4.39 Å². The smallest absolute Gasteiger partial charge is 0.191 e. The summed E-state index contributed by atoms with van der Waals surface area (Å²) in [5.41, 5.74) is 2.04. The Balaban J connectivity index is 0.00000243. The van der Waals surface area contributed by atoms with E-state index in [1.54, 1.807) is 12.1 Å². The lowest BCUT2D eigenvalue weighted by atomic mass is 10.1.